The fourth-order valence-electron chi connectivity index (χ4n) is 3.09. The first kappa shape index (κ1) is 16.5. The maximum Gasteiger partial charge on any atom is 0.0208 e. The van der Waals surface area contributed by atoms with Crippen LogP contribution in [-0.4, -0.2) is 6.54 Å². The van der Waals surface area contributed by atoms with Crippen LogP contribution in [0.2, 0.25) is 0 Å². The average molecular weight is 287 g/mol. The Balaban J connectivity index is 1.48. The van der Waals surface area contributed by atoms with E-state index in [4.69, 9.17) is 0 Å². The third-order valence-electron chi connectivity index (χ3n) is 4.59. The second-order valence-corrected chi connectivity index (χ2v) is 6.62. The summed E-state index contributed by atoms with van der Waals surface area (Å²) in [5.41, 5.74) is 3.13. The number of nitrogens with one attached hydrogen (secondary N) is 1. The first-order valence-electron chi connectivity index (χ1n) is 9.20. The summed E-state index contributed by atoms with van der Waals surface area (Å²) in [5, 5.41) is 3.64. The van der Waals surface area contributed by atoms with E-state index < -0.39 is 0 Å². The molecule has 0 saturated heterocycles. The topological polar surface area (TPSA) is 12.0 Å². The standard InChI is InChI=1S/C20H33N/c1-2-3-4-5-6-7-8-11-16-21-17-19-12-9-10-13-20(19)18-14-15-18/h9-10,12-13,18,21H,2-8,11,14-17H2,1H3. The zero-order chi connectivity index (χ0) is 14.8. The summed E-state index contributed by atoms with van der Waals surface area (Å²) in [5.74, 6) is 0.867. The highest BCUT2D eigenvalue weighted by Gasteiger charge is 2.25. The van der Waals surface area contributed by atoms with Gasteiger partial charge in [0, 0.05) is 6.54 Å². The lowest BCUT2D eigenvalue weighted by molar-refractivity contribution is 0.554. The summed E-state index contributed by atoms with van der Waals surface area (Å²) >= 11 is 0. The second-order valence-electron chi connectivity index (χ2n) is 6.62. The van der Waals surface area contributed by atoms with Crippen LogP contribution in [0.1, 0.15) is 88.2 Å². The van der Waals surface area contributed by atoms with Gasteiger partial charge < -0.3 is 5.32 Å². The van der Waals surface area contributed by atoms with Crippen molar-refractivity contribution in [3.63, 3.8) is 0 Å². The molecule has 2 rings (SSSR count). The molecule has 1 heteroatoms. The van der Waals surface area contributed by atoms with Crippen LogP contribution in [0.25, 0.3) is 0 Å². The van der Waals surface area contributed by atoms with Crippen molar-refractivity contribution in [1.29, 1.82) is 0 Å². The maximum atomic E-state index is 3.64. The molecule has 0 unspecified atom stereocenters. The number of hydrogen-bond donors (Lipinski definition) is 1. The Morgan fingerprint density at radius 1 is 0.905 bits per heavy atom. The highest BCUT2D eigenvalue weighted by Crippen LogP contribution is 2.41. The molecule has 1 aliphatic rings. The molecular formula is C20H33N. The highest BCUT2D eigenvalue weighted by molar-refractivity contribution is 5.33. The molecule has 0 aromatic heterocycles. The fourth-order valence-corrected chi connectivity index (χ4v) is 3.09. The molecule has 1 nitrogen and oxygen atoms in total. The molecule has 0 aliphatic heterocycles. The minimum Gasteiger partial charge on any atom is -0.313 e. The summed E-state index contributed by atoms with van der Waals surface area (Å²) in [6, 6.07) is 8.99. The van der Waals surface area contributed by atoms with Crippen LogP contribution in [0.3, 0.4) is 0 Å². The molecule has 1 fully saturated rings. The van der Waals surface area contributed by atoms with Gasteiger partial charge in [-0.2, -0.15) is 0 Å². The quantitative estimate of drug-likeness (QED) is 0.479. The Morgan fingerprint density at radius 3 is 2.29 bits per heavy atom. The normalized spacial score (nSPS) is 14.5. The van der Waals surface area contributed by atoms with Gasteiger partial charge in [-0.1, -0.05) is 76.1 Å². The summed E-state index contributed by atoms with van der Waals surface area (Å²) < 4.78 is 0. The van der Waals surface area contributed by atoms with Gasteiger partial charge in [-0.3, -0.25) is 0 Å². The Hall–Kier alpha value is -0.820. The SMILES string of the molecule is CCCCCCCCCCNCc1ccccc1C1CC1. The molecule has 1 aliphatic carbocycles. The number of rotatable bonds is 12. The van der Waals surface area contributed by atoms with Crippen molar-refractivity contribution in [2.24, 2.45) is 0 Å². The van der Waals surface area contributed by atoms with Crippen molar-refractivity contribution >= 4 is 0 Å². The van der Waals surface area contributed by atoms with Crippen molar-refractivity contribution in [2.75, 3.05) is 6.54 Å². The molecule has 0 heterocycles. The van der Waals surface area contributed by atoms with E-state index in [1.54, 1.807) is 5.56 Å². The highest BCUT2D eigenvalue weighted by atomic mass is 14.8. The molecule has 1 aromatic carbocycles. The minimum atomic E-state index is 0.867. The molecule has 0 bridgehead atoms. The fraction of sp³-hybridized carbons (Fsp3) is 0.700. The van der Waals surface area contributed by atoms with Crippen LogP contribution >= 0.6 is 0 Å². The van der Waals surface area contributed by atoms with Crippen molar-refractivity contribution in [2.45, 2.75) is 83.6 Å². The molecule has 0 atom stereocenters. The van der Waals surface area contributed by atoms with Gasteiger partial charge in [0.25, 0.3) is 0 Å². The van der Waals surface area contributed by atoms with Gasteiger partial charge in [-0.05, 0) is 42.9 Å². The Morgan fingerprint density at radius 2 is 1.57 bits per heavy atom. The van der Waals surface area contributed by atoms with Crippen LogP contribution in [0.15, 0.2) is 24.3 Å². The summed E-state index contributed by atoms with van der Waals surface area (Å²) in [7, 11) is 0. The van der Waals surface area contributed by atoms with Crippen LogP contribution in [0.5, 0.6) is 0 Å². The summed E-state index contributed by atoms with van der Waals surface area (Å²) in [4.78, 5) is 0. The number of unbranched alkanes of at least 4 members (excludes halogenated alkanes) is 7. The van der Waals surface area contributed by atoms with Crippen LogP contribution < -0.4 is 5.32 Å². The van der Waals surface area contributed by atoms with Gasteiger partial charge in [-0.15, -0.1) is 0 Å². The first-order valence-corrected chi connectivity index (χ1v) is 9.20. The first-order chi connectivity index (χ1) is 10.4. The largest absolute Gasteiger partial charge is 0.313 e. The molecule has 21 heavy (non-hydrogen) atoms. The maximum absolute atomic E-state index is 3.64. The van der Waals surface area contributed by atoms with Gasteiger partial charge in [0.05, 0.1) is 0 Å². The van der Waals surface area contributed by atoms with E-state index >= 15 is 0 Å². The zero-order valence-corrected chi connectivity index (χ0v) is 13.9. The molecule has 1 aromatic rings. The van der Waals surface area contributed by atoms with E-state index in [0.29, 0.717) is 0 Å². The summed E-state index contributed by atoms with van der Waals surface area (Å²) in [6.07, 6.45) is 14.0. The van der Waals surface area contributed by atoms with Gasteiger partial charge in [0.2, 0.25) is 0 Å². The van der Waals surface area contributed by atoms with Crippen LogP contribution in [0, 0.1) is 0 Å². The predicted molar refractivity (Wildman–Crippen MR) is 92.7 cm³/mol. The third kappa shape index (κ3) is 6.65. The van der Waals surface area contributed by atoms with Crippen molar-refractivity contribution in [1.82, 2.24) is 5.32 Å². The van der Waals surface area contributed by atoms with Crippen LogP contribution in [0.4, 0.5) is 0 Å². The number of benzene rings is 1. The van der Waals surface area contributed by atoms with Gasteiger partial charge in [-0.25, -0.2) is 0 Å². The Labute approximate surface area is 131 Å². The minimum absolute atomic E-state index is 0.867. The Bertz CT molecular complexity index is 381. The van der Waals surface area contributed by atoms with E-state index in [-0.39, 0.29) is 0 Å². The molecule has 0 radical (unpaired) electrons. The van der Waals surface area contributed by atoms with Crippen molar-refractivity contribution < 1.29 is 0 Å². The van der Waals surface area contributed by atoms with Gasteiger partial charge in [0.1, 0.15) is 0 Å². The molecular weight excluding hydrogens is 254 g/mol. The average Bonchev–Trinajstić information content (AvgIpc) is 3.34. The van der Waals surface area contributed by atoms with E-state index in [1.807, 2.05) is 0 Å². The second kappa shape index (κ2) is 10.00. The zero-order valence-electron chi connectivity index (χ0n) is 13.9. The van der Waals surface area contributed by atoms with Crippen LogP contribution in [-0.2, 0) is 6.54 Å². The summed E-state index contributed by atoms with van der Waals surface area (Å²) in [6.45, 7) is 4.52. The lowest BCUT2D eigenvalue weighted by atomic mass is 10.0. The molecule has 1 saturated carbocycles. The molecule has 0 amide bonds. The lowest BCUT2D eigenvalue weighted by Gasteiger charge is -2.10. The van der Waals surface area contributed by atoms with E-state index in [1.165, 1.54) is 76.3 Å². The molecule has 118 valence electrons. The van der Waals surface area contributed by atoms with Gasteiger partial charge in [0.15, 0.2) is 0 Å². The van der Waals surface area contributed by atoms with E-state index in [0.717, 1.165) is 12.5 Å². The smallest absolute Gasteiger partial charge is 0.0208 e. The monoisotopic (exact) mass is 287 g/mol. The Kier molecular flexibility index (Phi) is 7.88. The lowest BCUT2D eigenvalue weighted by Crippen LogP contribution is -2.15. The molecule has 0 spiro atoms. The molecule has 1 N–H and O–H groups in total. The van der Waals surface area contributed by atoms with E-state index in [9.17, 15) is 0 Å². The van der Waals surface area contributed by atoms with Gasteiger partial charge >= 0.3 is 0 Å². The van der Waals surface area contributed by atoms with Crippen molar-refractivity contribution in [3.8, 4) is 0 Å². The van der Waals surface area contributed by atoms with Crippen molar-refractivity contribution in [3.05, 3.63) is 35.4 Å². The third-order valence-corrected chi connectivity index (χ3v) is 4.59. The van der Waals surface area contributed by atoms with E-state index in [2.05, 4.69) is 36.5 Å². The predicted octanol–water partition coefficient (Wildman–Crippen LogP) is 5.79. The number of hydrogen-bond acceptors (Lipinski definition) is 1.